The van der Waals surface area contributed by atoms with Crippen LogP contribution in [-0.4, -0.2) is 94.9 Å². The maximum atomic E-state index is 12.5. The van der Waals surface area contributed by atoms with Crippen molar-refractivity contribution < 1.29 is 14.3 Å². The van der Waals surface area contributed by atoms with E-state index >= 15 is 0 Å². The minimum absolute atomic E-state index is 0.0819. The molecular weight excluding hydrogens is 402 g/mol. The molecule has 0 aromatic carbocycles. The van der Waals surface area contributed by atoms with Gasteiger partial charge in [-0.25, -0.2) is 4.98 Å². The first kappa shape index (κ1) is 19.4. The molecule has 0 radical (unpaired) electrons. The molecule has 150 valence electrons. The summed E-state index contributed by atoms with van der Waals surface area (Å²) in [6.45, 7) is 5.57. The van der Waals surface area contributed by atoms with Crippen LogP contribution < -0.4 is 0 Å². The average Bonchev–Trinajstić information content (AvgIpc) is 3.27. The van der Waals surface area contributed by atoms with Gasteiger partial charge < -0.3 is 14.5 Å². The maximum Gasteiger partial charge on any atom is 0.246 e. The molecule has 4 heterocycles. The Bertz CT molecular complexity index is 881. The zero-order chi connectivity index (χ0) is 19.5. The van der Waals surface area contributed by atoms with Crippen molar-refractivity contribution in [3.8, 4) is 0 Å². The lowest BCUT2D eigenvalue weighted by Gasteiger charge is -2.36. The number of halogens is 1. The lowest BCUT2D eigenvalue weighted by molar-refractivity contribution is -0.138. The van der Waals surface area contributed by atoms with E-state index in [1.54, 1.807) is 11.0 Å². The van der Waals surface area contributed by atoms with E-state index in [9.17, 15) is 9.59 Å². The van der Waals surface area contributed by atoms with E-state index < -0.39 is 0 Å². The number of thiazole rings is 1. The maximum absolute atomic E-state index is 12.5. The number of nitrogens with zero attached hydrogens (tertiary/aromatic N) is 5. The number of rotatable bonds is 4. The second-order valence-corrected chi connectivity index (χ2v) is 8.00. The van der Waals surface area contributed by atoms with E-state index in [0.717, 1.165) is 18.1 Å². The molecule has 2 aliphatic rings. The Morgan fingerprint density at radius 3 is 2.61 bits per heavy atom. The van der Waals surface area contributed by atoms with Crippen LogP contribution in [-0.2, 0) is 14.3 Å². The summed E-state index contributed by atoms with van der Waals surface area (Å²) in [7, 11) is 0. The van der Waals surface area contributed by atoms with Crippen LogP contribution in [0.1, 0.15) is 5.69 Å². The predicted octanol–water partition coefficient (Wildman–Crippen LogP) is 1.07. The van der Waals surface area contributed by atoms with Gasteiger partial charge in [-0.15, -0.1) is 11.3 Å². The Morgan fingerprint density at radius 2 is 1.86 bits per heavy atom. The van der Waals surface area contributed by atoms with Crippen molar-refractivity contribution in [2.45, 2.75) is 0 Å². The summed E-state index contributed by atoms with van der Waals surface area (Å²) in [4.78, 5) is 35.7. The smallest absolute Gasteiger partial charge is 0.246 e. The van der Waals surface area contributed by atoms with E-state index in [0.29, 0.717) is 56.8 Å². The minimum atomic E-state index is -0.0819. The second kappa shape index (κ2) is 8.60. The van der Waals surface area contributed by atoms with Gasteiger partial charge in [0.25, 0.3) is 0 Å². The molecule has 28 heavy (non-hydrogen) atoms. The molecule has 0 aliphatic carbocycles. The fraction of sp³-hybridized carbons (Fsp3) is 0.500. The molecule has 0 spiro atoms. The number of carbonyl (C=O) groups excluding carboxylic acids is 2. The summed E-state index contributed by atoms with van der Waals surface area (Å²) in [6, 6.07) is 0. The van der Waals surface area contributed by atoms with Crippen LogP contribution in [0.4, 0.5) is 0 Å². The average molecular weight is 424 g/mol. The van der Waals surface area contributed by atoms with E-state index in [1.807, 2.05) is 20.9 Å². The molecule has 2 aliphatic heterocycles. The Kier molecular flexibility index (Phi) is 5.96. The third kappa shape index (κ3) is 4.22. The van der Waals surface area contributed by atoms with Crippen molar-refractivity contribution in [1.82, 2.24) is 24.1 Å². The topological polar surface area (TPSA) is 70.4 Å². The molecule has 2 saturated heterocycles. The van der Waals surface area contributed by atoms with Crippen molar-refractivity contribution >= 4 is 45.8 Å². The number of ether oxygens (including phenoxy) is 1. The van der Waals surface area contributed by atoms with Crippen molar-refractivity contribution in [2.75, 3.05) is 59.0 Å². The number of amides is 2. The molecule has 0 unspecified atom stereocenters. The molecule has 0 atom stereocenters. The first-order chi connectivity index (χ1) is 13.6. The molecule has 4 rings (SSSR count). The van der Waals surface area contributed by atoms with Gasteiger partial charge in [-0.3, -0.25) is 18.9 Å². The van der Waals surface area contributed by atoms with Crippen LogP contribution in [0.15, 0.2) is 17.7 Å². The second-order valence-electron chi connectivity index (χ2n) is 6.77. The van der Waals surface area contributed by atoms with Crippen LogP contribution in [0.3, 0.4) is 0 Å². The quantitative estimate of drug-likeness (QED) is 0.688. The van der Waals surface area contributed by atoms with Gasteiger partial charge in [0, 0.05) is 56.9 Å². The van der Waals surface area contributed by atoms with Gasteiger partial charge in [0.15, 0.2) is 10.1 Å². The molecule has 0 N–H and O–H groups in total. The Balaban J connectivity index is 1.29. The number of hydrogen-bond acceptors (Lipinski definition) is 6. The Labute approximate surface area is 171 Å². The van der Waals surface area contributed by atoms with Gasteiger partial charge in [-0.2, -0.15) is 0 Å². The molecule has 10 heteroatoms. The predicted molar refractivity (Wildman–Crippen MR) is 108 cm³/mol. The number of aromatic nitrogens is 2. The van der Waals surface area contributed by atoms with E-state index in [-0.39, 0.29) is 11.8 Å². The number of imidazole rings is 1. The van der Waals surface area contributed by atoms with Crippen molar-refractivity contribution in [1.29, 1.82) is 0 Å². The highest BCUT2D eigenvalue weighted by Crippen LogP contribution is 2.22. The summed E-state index contributed by atoms with van der Waals surface area (Å²) in [6.07, 6.45) is 5.10. The fourth-order valence-corrected chi connectivity index (χ4v) is 4.41. The summed E-state index contributed by atoms with van der Waals surface area (Å²) in [5.74, 6) is 0.0388. The highest BCUT2D eigenvalue weighted by molar-refractivity contribution is 7.15. The zero-order valence-electron chi connectivity index (χ0n) is 15.4. The molecule has 2 aromatic rings. The molecular formula is C18H22ClN5O3S. The van der Waals surface area contributed by atoms with E-state index in [2.05, 4.69) is 9.88 Å². The van der Waals surface area contributed by atoms with Crippen molar-refractivity contribution in [2.24, 2.45) is 0 Å². The third-order valence-electron chi connectivity index (χ3n) is 5.04. The number of hydrogen-bond donors (Lipinski definition) is 0. The zero-order valence-corrected chi connectivity index (χ0v) is 17.0. The Morgan fingerprint density at radius 1 is 1.14 bits per heavy atom. The van der Waals surface area contributed by atoms with Crippen molar-refractivity contribution in [3.05, 3.63) is 28.5 Å². The highest BCUT2D eigenvalue weighted by atomic mass is 35.5. The fourth-order valence-electron chi connectivity index (χ4n) is 3.41. The SMILES string of the molecule is O=C(/C=C/c1c(Cl)nc2sccn12)N1CCN(C(=O)CN2CCOCC2)CC1. The van der Waals surface area contributed by atoms with Gasteiger partial charge in [0.05, 0.1) is 25.5 Å². The van der Waals surface area contributed by atoms with Crippen LogP contribution in [0.25, 0.3) is 11.0 Å². The summed E-state index contributed by atoms with van der Waals surface area (Å²) < 4.78 is 7.17. The summed E-state index contributed by atoms with van der Waals surface area (Å²) in [5, 5.41) is 2.31. The largest absolute Gasteiger partial charge is 0.379 e. The molecule has 8 nitrogen and oxygen atoms in total. The molecule has 2 aromatic heterocycles. The normalized spacial score (nSPS) is 19.0. The van der Waals surface area contributed by atoms with Gasteiger partial charge >= 0.3 is 0 Å². The number of morpholine rings is 1. The number of piperazine rings is 1. The molecule has 0 bridgehead atoms. The summed E-state index contributed by atoms with van der Waals surface area (Å²) in [5.41, 5.74) is 0.700. The van der Waals surface area contributed by atoms with Crippen LogP contribution in [0.5, 0.6) is 0 Å². The van der Waals surface area contributed by atoms with Gasteiger partial charge in [0.1, 0.15) is 0 Å². The first-order valence-electron chi connectivity index (χ1n) is 9.28. The first-order valence-corrected chi connectivity index (χ1v) is 10.5. The van der Waals surface area contributed by atoms with Crippen LogP contribution in [0, 0.1) is 0 Å². The minimum Gasteiger partial charge on any atom is -0.379 e. The van der Waals surface area contributed by atoms with Gasteiger partial charge in [0.2, 0.25) is 11.8 Å². The van der Waals surface area contributed by atoms with Gasteiger partial charge in [-0.05, 0) is 6.08 Å². The Hall–Kier alpha value is -1.94. The summed E-state index contributed by atoms with van der Waals surface area (Å²) >= 11 is 7.64. The number of carbonyl (C=O) groups is 2. The highest BCUT2D eigenvalue weighted by Gasteiger charge is 2.25. The van der Waals surface area contributed by atoms with E-state index in [4.69, 9.17) is 16.3 Å². The lowest BCUT2D eigenvalue weighted by Crippen LogP contribution is -2.53. The van der Waals surface area contributed by atoms with Crippen LogP contribution in [0.2, 0.25) is 5.15 Å². The van der Waals surface area contributed by atoms with Crippen molar-refractivity contribution in [3.63, 3.8) is 0 Å². The van der Waals surface area contributed by atoms with Gasteiger partial charge in [-0.1, -0.05) is 11.6 Å². The lowest BCUT2D eigenvalue weighted by atomic mass is 10.2. The number of fused-ring (bicyclic) bond motifs is 1. The standard InChI is InChI=1S/C18H22ClN5O3S/c19-17-14(24-9-12-28-18(24)20-17)1-2-15(25)22-3-5-23(6-4-22)16(26)13-21-7-10-27-11-8-21/h1-2,9,12H,3-8,10-11,13H2/b2-1+. The third-order valence-corrected chi connectivity index (χ3v) is 6.08. The molecule has 2 fully saturated rings. The monoisotopic (exact) mass is 423 g/mol. The van der Waals surface area contributed by atoms with E-state index in [1.165, 1.54) is 17.4 Å². The molecule has 0 saturated carbocycles. The molecule has 2 amide bonds. The van der Waals surface area contributed by atoms with Crippen LogP contribution >= 0.6 is 22.9 Å².